The Balaban J connectivity index is 1.26. The highest BCUT2D eigenvalue weighted by Crippen LogP contribution is 2.48. The molecule has 0 N–H and O–H groups in total. The zero-order valence-corrected chi connectivity index (χ0v) is 28.6. The Bertz CT molecular complexity index is 2850. The third-order valence-corrected chi connectivity index (χ3v) is 11.1. The Morgan fingerprint density at radius 3 is 1.86 bits per heavy atom. The van der Waals surface area contributed by atoms with Crippen molar-refractivity contribution in [1.29, 1.82) is 0 Å². The Morgan fingerprint density at radius 2 is 1.04 bits per heavy atom. The van der Waals surface area contributed by atoms with Crippen molar-refractivity contribution in [2.45, 2.75) is 0 Å². The monoisotopic (exact) mass is 668 g/mol. The summed E-state index contributed by atoms with van der Waals surface area (Å²) in [6, 6.07) is 70.4. The molecule has 8 aromatic carbocycles. The molecule has 10 rings (SSSR count). The molecular formula is C48H32N2S. The van der Waals surface area contributed by atoms with Crippen LogP contribution >= 0.6 is 11.3 Å². The number of rotatable bonds is 6. The largest absolute Gasteiger partial charge is 0.310 e. The fraction of sp³-hybridized carbons (Fsp3) is 0. The van der Waals surface area contributed by atoms with Crippen LogP contribution < -0.4 is 4.90 Å². The maximum Gasteiger partial charge on any atom is 0.0561 e. The molecule has 240 valence electrons. The van der Waals surface area contributed by atoms with Crippen LogP contribution in [0.4, 0.5) is 17.1 Å². The first-order valence-electron chi connectivity index (χ1n) is 17.4. The lowest BCUT2D eigenvalue weighted by Crippen LogP contribution is -2.12. The van der Waals surface area contributed by atoms with Crippen LogP contribution in [0.5, 0.6) is 0 Å². The van der Waals surface area contributed by atoms with Gasteiger partial charge in [-0.2, -0.15) is 0 Å². The third-order valence-electron chi connectivity index (χ3n) is 9.98. The molecule has 0 amide bonds. The summed E-state index contributed by atoms with van der Waals surface area (Å²) in [5.74, 6) is 0. The van der Waals surface area contributed by atoms with Gasteiger partial charge in [-0.05, 0) is 77.4 Å². The van der Waals surface area contributed by atoms with Crippen LogP contribution in [0, 0.1) is 0 Å². The smallest absolute Gasteiger partial charge is 0.0561 e. The van der Waals surface area contributed by atoms with Crippen molar-refractivity contribution in [3.8, 4) is 27.9 Å². The molecule has 2 heterocycles. The molecule has 0 bridgehead atoms. The molecule has 0 aliphatic heterocycles. The van der Waals surface area contributed by atoms with Gasteiger partial charge in [0.2, 0.25) is 0 Å². The van der Waals surface area contributed by atoms with Crippen LogP contribution in [0.2, 0.25) is 0 Å². The average Bonchev–Trinajstić information content (AvgIpc) is 3.74. The van der Waals surface area contributed by atoms with Gasteiger partial charge in [0, 0.05) is 53.6 Å². The SMILES string of the molecule is c1ccc(-c2cccc(N(c3ccccc3)c3ccc4c5ccccc5n(-c5ccccc5)c4c3)c2-c2ccc3c(c2)sc2ccccc23)cc1. The number of hydrogen-bond acceptors (Lipinski definition) is 2. The fourth-order valence-electron chi connectivity index (χ4n) is 7.73. The topological polar surface area (TPSA) is 8.17 Å². The summed E-state index contributed by atoms with van der Waals surface area (Å²) < 4.78 is 5.01. The zero-order chi connectivity index (χ0) is 33.7. The molecule has 10 aromatic rings. The minimum Gasteiger partial charge on any atom is -0.310 e. The summed E-state index contributed by atoms with van der Waals surface area (Å²) in [6.45, 7) is 0. The predicted molar refractivity (Wildman–Crippen MR) is 219 cm³/mol. The average molecular weight is 669 g/mol. The van der Waals surface area contributed by atoms with E-state index in [4.69, 9.17) is 0 Å². The molecule has 0 aliphatic rings. The maximum atomic E-state index is 2.43. The van der Waals surface area contributed by atoms with Gasteiger partial charge in [-0.1, -0.05) is 133 Å². The van der Waals surface area contributed by atoms with Gasteiger partial charge in [-0.15, -0.1) is 11.3 Å². The van der Waals surface area contributed by atoms with Gasteiger partial charge in [0.05, 0.1) is 16.7 Å². The van der Waals surface area contributed by atoms with E-state index in [1.165, 1.54) is 64.2 Å². The van der Waals surface area contributed by atoms with E-state index in [1.54, 1.807) is 0 Å². The summed E-state index contributed by atoms with van der Waals surface area (Å²) in [7, 11) is 0. The number of hydrogen-bond donors (Lipinski definition) is 0. The van der Waals surface area contributed by atoms with E-state index in [9.17, 15) is 0 Å². The van der Waals surface area contributed by atoms with Crippen LogP contribution in [0.1, 0.15) is 0 Å². The molecule has 3 heteroatoms. The fourth-order valence-corrected chi connectivity index (χ4v) is 8.87. The number of thiophene rings is 1. The lowest BCUT2D eigenvalue weighted by atomic mass is 9.91. The summed E-state index contributed by atoms with van der Waals surface area (Å²) in [4.78, 5) is 2.43. The van der Waals surface area contributed by atoms with Crippen molar-refractivity contribution >= 4 is 70.4 Å². The van der Waals surface area contributed by atoms with Gasteiger partial charge in [-0.25, -0.2) is 0 Å². The molecule has 2 nitrogen and oxygen atoms in total. The van der Waals surface area contributed by atoms with E-state index in [-0.39, 0.29) is 0 Å². The van der Waals surface area contributed by atoms with Gasteiger partial charge in [0.25, 0.3) is 0 Å². The van der Waals surface area contributed by atoms with Gasteiger partial charge < -0.3 is 9.47 Å². The first-order chi connectivity index (χ1) is 25.3. The molecule has 0 spiro atoms. The van der Waals surface area contributed by atoms with Crippen molar-refractivity contribution in [3.63, 3.8) is 0 Å². The molecular weight excluding hydrogens is 637 g/mol. The van der Waals surface area contributed by atoms with Crippen molar-refractivity contribution in [2.24, 2.45) is 0 Å². The predicted octanol–water partition coefficient (Wildman–Crippen LogP) is 14.0. The lowest BCUT2D eigenvalue weighted by molar-refractivity contribution is 1.18. The second-order valence-corrected chi connectivity index (χ2v) is 14.0. The van der Waals surface area contributed by atoms with E-state index in [0.717, 1.165) is 22.7 Å². The first-order valence-corrected chi connectivity index (χ1v) is 18.2. The van der Waals surface area contributed by atoms with Gasteiger partial charge in [0.1, 0.15) is 0 Å². The second kappa shape index (κ2) is 12.2. The Morgan fingerprint density at radius 1 is 0.392 bits per heavy atom. The van der Waals surface area contributed by atoms with Crippen LogP contribution in [0.3, 0.4) is 0 Å². The summed E-state index contributed by atoms with van der Waals surface area (Å²) in [5, 5.41) is 5.10. The molecule has 0 fully saturated rings. The molecule has 0 saturated carbocycles. The molecule has 0 radical (unpaired) electrons. The van der Waals surface area contributed by atoms with Crippen LogP contribution in [0.15, 0.2) is 194 Å². The molecule has 2 aromatic heterocycles. The maximum absolute atomic E-state index is 2.43. The second-order valence-electron chi connectivity index (χ2n) is 12.9. The number of fused-ring (bicyclic) bond motifs is 6. The number of para-hydroxylation sites is 3. The zero-order valence-electron chi connectivity index (χ0n) is 27.8. The molecule has 51 heavy (non-hydrogen) atoms. The first kappa shape index (κ1) is 29.5. The normalized spacial score (nSPS) is 11.5. The molecule has 0 saturated heterocycles. The number of anilines is 3. The number of aromatic nitrogens is 1. The third kappa shape index (κ3) is 4.93. The number of nitrogens with zero attached hydrogens (tertiary/aromatic N) is 2. The van der Waals surface area contributed by atoms with Gasteiger partial charge in [-0.3, -0.25) is 0 Å². The quantitative estimate of drug-likeness (QED) is 0.171. The summed E-state index contributed by atoms with van der Waals surface area (Å²) >= 11 is 1.87. The highest BCUT2D eigenvalue weighted by atomic mass is 32.1. The Hall–Kier alpha value is -6.42. The van der Waals surface area contributed by atoms with Crippen molar-refractivity contribution in [1.82, 2.24) is 4.57 Å². The van der Waals surface area contributed by atoms with E-state index < -0.39 is 0 Å². The molecule has 0 unspecified atom stereocenters. The van der Waals surface area contributed by atoms with Crippen molar-refractivity contribution in [2.75, 3.05) is 4.90 Å². The highest BCUT2D eigenvalue weighted by molar-refractivity contribution is 7.25. The van der Waals surface area contributed by atoms with Crippen LogP contribution in [0.25, 0.3) is 69.9 Å². The summed E-state index contributed by atoms with van der Waals surface area (Å²) in [5.41, 5.74) is 11.7. The number of benzene rings is 8. The van der Waals surface area contributed by atoms with E-state index >= 15 is 0 Å². The Labute approximate surface area is 300 Å². The summed E-state index contributed by atoms with van der Waals surface area (Å²) in [6.07, 6.45) is 0. The van der Waals surface area contributed by atoms with Crippen LogP contribution in [-0.4, -0.2) is 4.57 Å². The molecule has 0 aliphatic carbocycles. The Kier molecular flexibility index (Phi) is 7.04. The minimum atomic E-state index is 1.10. The van der Waals surface area contributed by atoms with Crippen LogP contribution in [-0.2, 0) is 0 Å². The molecule has 0 atom stereocenters. The van der Waals surface area contributed by atoms with E-state index in [0.29, 0.717) is 0 Å². The van der Waals surface area contributed by atoms with Gasteiger partial charge >= 0.3 is 0 Å². The standard InChI is InChI=1S/C48H32N2S/c1-4-15-33(16-5-1)38-23-14-25-44(48(38)34-27-29-42-41-22-11-13-26-46(41)51-47(42)31-34)49(35-17-6-2-7-18-35)37-28-30-40-39-21-10-12-24-43(39)50(45(40)32-37)36-19-8-3-9-20-36/h1-32H. The highest BCUT2D eigenvalue weighted by Gasteiger charge is 2.23. The van der Waals surface area contributed by atoms with Gasteiger partial charge in [0.15, 0.2) is 0 Å². The van der Waals surface area contributed by atoms with E-state index in [1.807, 2.05) is 11.3 Å². The minimum absolute atomic E-state index is 1.10. The van der Waals surface area contributed by atoms with Crippen molar-refractivity contribution < 1.29 is 0 Å². The lowest BCUT2D eigenvalue weighted by Gasteiger charge is -2.29. The van der Waals surface area contributed by atoms with E-state index in [2.05, 4.69) is 204 Å². The van der Waals surface area contributed by atoms with Crippen molar-refractivity contribution in [3.05, 3.63) is 194 Å².